The second-order valence-corrected chi connectivity index (χ2v) is 4.54. The van der Waals surface area contributed by atoms with Crippen LogP contribution in [-0.4, -0.2) is 22.0 Å². The third-order valence-corrected chi connectivity index (χ3v) is 2.90. The number of hydrazone groups is 1. The summed E-state index contributed by atoms with van der Waals surface area (Å²) in [5, 5.41) is 14.4. The van der Waals surface area contributed by atoms with Crippen LogP contribution in [0.25, 0.3) is 0 Å². The molecule has 7 nitrogen and oxygen atoms in total. The number of H-pyrrole nitrogens is 1. The van der Waals surface area contributed by atoms with E-state index in [2.05, 4.69) is 15.5 Å². The normalized spacial score (nSPS) is 10.8. The first-order valence-corrected chi connectivity index (χ1v) is 6.21. The maximum atomic E-state index is 11.8. The summed E-state index contributed by atoms with van der Waals surface area (Å²) in [6.07, 6.45) is 1.54. The number of benzene rings is 1. The van der Waals surface area contributed by atoms with Crippen molar-refractivity contribution in [1.82, 2.24) is 10.4 Å². The van der Waals surface area contributed by atoms with Crippen molar-refractivity contribution in [3.05, 3.63) is 63.0 Å². The zero-order valence-electron chi connectivity index (χ0n) is 11.6. The molecule has 0 radical (unpaired) electrons. The predicted octanol–water partition coefficient (Wildman–Crippen LogP) is 2.30. The Hall–Kier alpha value is -2.96. The number of rotatable bonds is 4. The first kappa shape index (κ1) is 14.4. The van der Waals surface area contributed by atoms with Crippen LogP contribution in [0.4, 0.5) is 5.69 Å². The van der Waals surface area contributed by atoms with Gasteiger partial charge in [0, 0.05) is 34.6 Å². The van der Waals surface area contributed by atoms with Crippen molar-refractivity contribution in [2.75, 3.05) is 0 Å². The van der Waals surface area contributed by atoms with Crippen LogP contribution in [0, 0.1) is 24.0 Å². The summed E-state index contributed by atoms with van der Waals surface area (Å²) in [5.74, 6) is -0.425. The van der Waals surface area contributed by atoms with Crippen LogP contribution in [0.3, 0.4) is 0 Å². The smallest absolute Gasteiger partial charge is 0.271 e. The summed E-state index contributed by atoms with van der Waals surface area (Å²) < 4.78 is 0. The van der Waals surface area contributed by atoms with Gasteiger partial charge >= 0.3 is 0 Å². The standard InChI is InChI=1S/C14H14N4O3/c1-9-7-12(10(2)16-9)8-15-17-14(19)11-3-5-13(6-4-11)18(20)21/h3-8,16H,1-2H3,(H,17,19)/b15-8+. The van der Waals surface area contributed by atoms with Crippen LogP contribution in [0.2, 0.25) is 0 Å². The number of nitro groups is 1. The highest BCUT2D eigenvalue weighted by molar-refractivity contribution is 5.95. The van der Waals surface area contributed by atoms with Crippen molar-refractivity contribution in [3.63, 3.8) is 0 Å². The highest BCUT2D eigenvalue weighted by Gasteiger charge is 2.08. The van der Waals surface area contributed by atoms with E-state index < -0.39 is 10.8 Å². The molecule has 2 aromatic rings. The van der Waals surface area contributed by atoms with Crippen LogP contribution < -0.4 is 5.43 Å². The molecule has 0 saturated carbocycles. The van der Waals surface area contributed by atoms with Gasteiger partial charge in [0.1, 0.15) is 0 Å². The van der Waals surface area contributed by atoms with Crippen molar-refractivity contribution >= 4 is 17.8 Å². The Morgan fingerprint density at radius 2 is 2.00 bits per heavy atom. The molecule has 108 valence electrons. The van der Waals surface area contributed by atoms with Gasteiger partial charge in [-0.05, 0) is 32.0 Å². The minimum Gasteiger partial charge on any atom is -0.362 e. The highest BCUT2D eigenvalue weighted by Crippen LogP contribution is 2.11. The van der Waals surface area contributed by atoms with Gasteiger partial charge in [-0.2, -0.15) is 5.10 Å². The fraction of sp³-hybridized carbons (Fsp3) is 0.143. The zero-order chi connectivity index (χ0) is 15.4. The van der Waals surface area contributed by atoms with Crippen LogP contribution >= 0.6 is 0 Å². The molecule has 1 heterocycles. The molecule has 0 spiro atoms. The Morgan fingerprint density at radius 1 is 1.33 bits per heavy atom. The van der Waals surface area contributed by atoms with Crippen molar-refractivity contribution in [3.8, 4) is 0 Å². The van der Waals surface area contributed by atoms with Gasteiger partial charge in [-0.15, -0.1) is 0 Å². The second kappa shape index (κ2) is 6.00. The van der Waals surface area contributed by atoms with Crippen LogP contribution in [-0.2, 0) is 0 Å². The quantitative estimate of drug-likeness (QED) is 0.512. The molecule has 0 saturated heterocycles. The summed E-state index contributed by atoms with van der Waals surface area (Å²) in [7, 11) is 0. The number of aryl methyl sites for hydroxylation is 2. The Labute approximate surface area is 120 Å². The lowest BCUT2D eigenvalue weighted by Gasteiger charge is -1.99. The average Bonchev–Trinajstić information content (AvgIpc) is 2.77. The van der Waals surface area contributed by atoms with Crippen molar-refractivity contribution in [2.45, 2.75) is 13.8 Å². The third kappa shape index (κ3) is 3.53. The molecule has 1 amide bonds. The maximum absolute atomic E-state index is 11.8. The number of hydrogen-bond acceptors (Lipinski definition) is 4. The van der Waals surface area contributed by atoms with Gasteiger partial charge in [-0.1, -0.05) is 0 Å². The highest BCUT2D eigenvalue weighted by atomic mass is 16.6. The molecule has 0 aliphatic heterocycles. The molecule has 2 N–H and O–H groups in total. The summed E-state index contributed by atoms with van der Waals surface area (Å²) in [5.41, 5.74) is 5.48. The zero-order valence-corrected chi connectivity index (χ0v) is 11.6. The number of nitrogens with zero attached hydrogens (tertiary/aromatic N) is 2. The Morgan fingerprint density at radius 3 is 2.52 bits per heavy atom. The van der Waals surface area contributed by atoms with Gasteiger partial charge in [0.25, 0.3) is 11.6 Å². The van der Waals surface area contributed by atoms with E-state index >= 15 is 0 Å². The SMILES string of the molecule is Cc1cc(/C=N/NC(=O)c2ccc([N+](=O)[O-])cc2)c(C)[nH]1. The third-order valence-electron chi connectivity index (χ3n) is 2.90. The molecule has 0 bridgehead atoms. The van der Waals surface area contributed by atoms with Crippen LogP contribution in [0.1, 0.15) is 27.3 Å². The Bertz CT molecular complexity index is 702. The molecule has 1 aromatic heterocycles. The number of non-ortho nitro benzene ring substituents is 1. The van der Waals surface area contributed by atoms with E-state index in [-0.39, 0.29) is 5.69 Å². The lowest BCUT2D eigenvalue weighted by Crippen LogP contribution is -2.17. The van der Waals surface area contributed by atoms with E-state index in [4.69, 9.17) is 0 Å². The Balaban J connectivity index is 2.01. The lowest BCUT2D eigenvalue weighted by atomic mass is 10.2. The number of aromatic amines is 1. The molecular weight excluding hydrogens is 272 g/mol. The van der Waals surface area contributed by atoms with Gasteiger partial charge in [-0.25, -0.2) is 5.43 Å². The van der Waals surface area contributed by atoms with E-state index in [1.807, 2.05) is 19.9 Å². The molecule has 0 unspecified atom stereocenters. The maximum Gasteiger partial charge on any atom is 0.271 e. The van der Waals surface area contributed by atoms with E-state index in [1.165, 1.54) is 24.3 Å². The Kier molecular flexibility index (Phi) is 4.13. The topological polar surface area (TPSA) is 100 Å². The molecule has 2 rings (SSSR count). The number of nitro benzene ring substituents is 1. The van der Waals surface area contributed by atoms with E-state index in [9.17, 15) is 14.9 Å². The van der Waals surface area contributed by atoms with Gasteiger partial charge in [0.15, 0.2) is 0 Å². The molecule has 0 atom stereocenters. The number of nitrogens with one attached hydrogen (secondary N) is 2. The predicted molar refractivity (Wildman–Crippen MR) is 78.4 cm³/mol. The van der Waals surface area contributed by atoms with Gasteiger partial charge < -0.3 is 4.98 Å². The molecule has 0 aliphatic rings. The molecule has 1 aromatic carbocycles. The minimum atomic E-state index is -0.517. The van der Waals surface area contributed by atoms with E-state index in [1.54, 1.807) is 6.21 Å². The number of amides is 1. The van der Waals surface area contributed by atoms with E-state index in [0.29, 0.717) is 5.56 Å². The van der Waals surface area contributed by atoms with Crippen LogP contribution in [0.15, 0.2) is 35.4 Å². The summed E-state index contributed by atoms with van der Waals surface area (Å²) in [6, 6.07) is 7.23. The summed E-state index contributed by atoms with van der Waals surface area (Å²) in [6.45, 7) is 3.84. The number of hydrogen-bond donors (Lipinski definition) is 2. The number of carbonyl (C=O) groups excluding carboxylic acids is 1. The molecule has 0 fully saturated rings. The first-order chi connectivity index (χ1) is 9.97. The van der Waals surface area contributed by atoms with Crippen molar-refractivity contribution in [1.29, 1.82) is 0 Å². The average molecular weight is 286 g/mol. The molecule has 0 aliphatic carbocycles. The van der Waals surface area contributed by atoms with Crippen LogP contribution in [0.5, 0.6) is 0 Å². The summed E-state index contributed by atoms with van der Waals surface area (Å²) >= 11 is 0. The molecular formula is C14H14N4O3. The van der Waals surface area contributed by atoms with Crippen molar-refractivity contribution < 1.29 is 9.72 Å². The summed E-state index contributed by atoms with van der Waals surface area (Å²) in [4.78, 5) is 24.9. The molecule has 21 heavy (non-hydrogen) atoms. The minimum absolute atomic E-state index is 0.0616. The number of aromatic nitrogens is 1. The second-order valence-electron chi connectivity index (χ2n) is 4.54. The van der Waals surface area contributed by atoms with Gasteiger partial charge in [0.2, 0.25) is 0 Å². The van der Waals surface area contributed by atoms with Gasteiger partial charge in [-0.3, -0.25) is 14.9 Å². The first-order valence-electron chi connectivity index (χ1n) is 6.21. The van der Waals surface area contributed by atoms with Crippen molar-refractivity contribution in [2.24, 2.45) is 5.10 Å². The molecule has 7 heteroatoms. The van der Waals surface area contributed by atoms with E-state index in [0.717, 1.165) is 17.0 Å². The fourth-order valence-corrected chi connectivity index (χ4v) is 1.84. The fourth-order valence-electron chi connectivity index (χ4n) is 1.84. The number of carbonyl (C=O) groups is 1. The van der Waals surface area contributed by atoms with Gasteiger partial charge in [0.05, 0.1) is 11.1 Å². The monoisotopic (exact) mass is 286 g/mol. The lowest BCUT2D eigenvalue weighted by molar-refractivity contribution is -0.384. The largest absolute Gasteiger partial charge is 0.362 e.